The molecule has 0 saturated carbocycles. The Labute approximate surface area is 367 Å². The molecule has 358 valence electrons. The molecule has 1 rings (SSSR count). The molecule has 0 aliphatic carbocycles. The van der Waals surface area contributed by atoms with Crippen molar-refractivity contribution in [1.29, 1.82) is 0 Å². The highest BCUT2D eigenvalue weighted by atomic mass is 16.7. The molecule has 1 aliphatic rings. The molecule has 0 aromatic carbocycles. The summed E-state index contributed by atoms with van der Waals surface area (Å²) in [6, 6.07) is -1.16. The van der Waals surface area contributed by atoms with Crippen LogP contribution in [0.5, 0.6) is 0 Å². The van der Waals surface area contributed by atoms with Gasteiger partial charge in [0.1, 0.15) is 36.6 Å². The molecule has 60 heavy (non-hydrogen) atoms. The number of hydrogen-bond acceptors (Lipinski definition) is 10. The number of carbonyl (C=O) groups excluding carboxylic acids is 1. The largest absolute Gasteiger partial charge is 0.394 e. The highest BCUT2D eigenvalue weighted by molar-refractivity contribution is 5.80. The van der Waals surface area contributed by atoms with E-state index < -0.39 is 74.2 Å². The van der Waals surface area contributed by atoms with E-state index in [2.05, 4.69) is 26.1 Å². The van der Waals surface area contributed by atoms with E-state index in [1.807, 2.05) is 0 Å². The Bertz CT molecular complexity index is 959. The first kappa shape index (κ1) is 57.1. The number of carbonyl (C=O) groups is 1. The van der Waals surface area contributed by atoms with Crippen LogP contribution in [0.1, 0.15) is 233 Å². The average molecular weight is 860 g/mol. The number of aliphatic hydroxyl groups is 7. The molecule has 11 heteroatoms. The van der Waals surface area contributed by atoms with E-state index in [1.54, 1.807) is 0 Å². The summed E-state index contributed by atoms with van der Waals surface area (Å²) < 4.78 is 11.1. The fourth-order valence-electron chi connectivity index (χ4n) is 8.36. The lowest BCUT2D eigenvalue weighted by Gasteiger charge is -2.40. The molecule has 0 spiro atoms. The third-order valence-electron chi connectivity index (χ3n) is 13.0. The SMILES string of the molecule is CCCCCCCCCCCCCCCCCCCCCC[C@@H](O)C(=O)N[C@@H](CO[C@@H]1O[C@H](CO)[C@@H](O)[C@H](O)[C@H]1O)[C@H](O)[C@H](O)CCCCCCCCCCCC(C)CC. The molecule has 1 aliphatic heterocycles. The van der Waals surface area contributed by atoms with E-state index >= 15 is 0 Å². The zero-order valence-electron chi connectivity index (χ0n) is 38.9. The molecular weight excluding hydrogens is 763 g/mol. The van der Waals surface area contributed by atoms with E-state index in [9.17, 15) is 40.5 Å². The van der Waals surface area contributed by atoms with Crippen molar-refractivity contribution in [2.24, 2.45) is 5.92 Å². The topological polar surface area (TPSA) is 189 Å². The monoisotopic (exact) mass is 860 g/mol. The van der Waals surface area contributed by atoms with Crippen molar-refractivity contribution >= 4 is 5.91 Å². The van der Waals surface area contributed by atoms with Crippen LogP contribution in [0.3, 0.4) is 0 Å². The predicted molar refractivity (Wildman–Crippen MR) is 243 cm³/mol. The molecule has 0 aromatic rings. The van der Waals surface area contributed by atoms with E-state index in [1.165, 1.54) is 148 Å². The van der Waals surface area contributed by atoms with Gasteiger partial charge in [-0.1, -0.05) is 220 Å². The molecule has 8 N–H and O–H groups in total. The Hall–Kier alpha value is -0.890. The molecule has 10 atom stereocenters. The molecule has 1 unspecified atom stereocenters. The first-order valence-electron chi connectivity index (χ1n) is 25.3. The van der Waals surface area contributed by atoms with Gasteiger partial charge >= 0.3 is 0 Å². The lowest BCUT2D eigenvalue weighted by Crippen LogP contribution is -2.60. The van der Waals surface area contributed by atoms with Gasteiger partial charge in [-0.05, 0) is 18.8 Å². The fourth-order valence-corrected chi connectivity index (χ4v) is 8.36. The Morgan fingerprint density at radius 3 is 1.38 bits per heavy atom. The minimum atomic E-state index is -1.66. The third kappa shape index (κ3) is 28.0. The Kier molecular flexibility index (Phi) is 36.7. The van der Waals surface area contributed by atoms with Crippen LogP contribution in [0.25, 0.3) is 0 Å². The van der Waals surface area contributed by atoms with Gasteiger partial charge in [-0.15, -0.1) is 0 Å². The van der Waals surface area contributed by atoms with Crippen LogP contribution in [0.2, 0.25) is 0 Å². The number of ether oxygens (including phenoxy) is 2. The second-order valence-corrected chi connectivity index (χ2v) is 18.5. The average Bonchev–Trinajstić information content (AvgIpc) is 3.25. The van der Waals surface area contributed by atoms with Crippen LogP contribution in [-0.4, -0.2) is 110 Å². The minimum Gasteiger partial charge on any atom is -0.394 e. The number of rotatable bonds is 42. The highest BCUT2D eigenvalue weighted by Crippen LogP contribution is 2.23. The van der Waals surface area contributed by atoms with Gasteiger partial charge in [0.2, 0.25) is 5.91 Å². The number of nitrogens with one attached hydrogen (secondary N) is 1. The molecule has 1 amide bonds. The summed E-state index contributed by atoms with van der Waals surface area (Å²) in [7, 11) is 0. The van der Waals surface area contributed by atoms with Crippen molar-refractivity contribution in [3.8, 4) is 0 Å². The highest BCUT2D eigenvalue weighted by Gasteiger charge is 2.44. The smallest absolute Gasteiger partial charge is 0.249 e. The third-order valence-corrected chi connectivity index (χ3v) is 13.0. The Morgan fingerprint density at radius 1 is 0.567 bits per heavy atom. The summed E-state index contributed by atoms with van der Waals surface area (Å²) in [4.78, 5) is 13.1. The molecule has 1 saturated heterocycles. The minimum absolute atomic E-state index is 0.266. The van der Waals surface area contributed by atoms with Crippen LogP contribution in [0.4, 0.5) is 0 Å². The zero-order chi connectivity index (χ0) is 44.2. The molecule has 0 aromatic heterocycles. The van der Waals surface area contributed by atoms with E-state index in [-0.39, 0.29) is 6.42 Å². The van der Waals surface area contributed by atoms with Gasteiger partial charge in [0, 0.05) is 0 Å². The number of aliphatic hydroxyl groups excluding tert-OH is 7. The lowest BCUT2D eigenvalue weighted by molar-refractivity contribution is -0.303. The van der Waals surface area contributed by atoms with Crippen molar-refractivity contribution in [2.45, 2.75) is 288 Å². The second kappa shape index (κ2) is 38.6. The predicted octanol–water partition coefficient (Wildman–Crippen LogP) is 8.92. The van der Waals surface area contributed by atoms with Crippen molar-refractivity contribution < 1.29 is 50.0 Å². The van der Waals surface area contributed by atoms with E-state index in [0.717, 1.165) is 44.4 Å². The van der Waals surface area contributed by atoms with Gasteiger partial charge in [-0.25, -0.2) is 0 Å². The normalized spacial score (nSPS) is 22.1. The van der Waals surface area contributed by atoms with Crippen molar-refractivity contribution in [3.63, 3.8) is 0 Å². The quantitative estimate of drug-likeness (QED) is 0.0275. The molecular formula is C49H97NO10. The number of hydrogen-bond donors (Lipinski definition) is 8. The van der Waals surface area contributed by atoms with Crippen LogP contribution in [-0.2, 0) is 14.3 Å². The summed E-state index contributed by atoms with van der Waals surface area (Å²) in [6.07, 6.45) is 27.2. The van der Waals surface area contributed by atoms with Gasteiger partial charge in [0.15, 0.2) is 6.29 Å². The molecule has 0 radical (unpaired) electrons. The maximum Gasteiger partial charge on any atom is 0.249 e. The van der Waals surface area contributed by atoms with E-state index in [4.69, 9.17) is 9.47 Å². The van der Waals surface area contributed by atoms with Crippen LogP contribution < -0.4 is 5.32 Å². The molecule has 0 bridgehead atoms. The first-order chi connectivity index (χ1) is 29.1. The van der Waals surface area contributed by atoms with Gasteiger partial charge in [-0.3, -0.25) is 4.79 Å². The van der Waals surface area contributed by atoms with Crippen molar-refractivity contribution in [3.05, 3.63) is 0 Å². The summed E-state index contributed by atoms with van der Waals surface area (Å²) in [6.45, 7) is 5.79. The summed E-state index contributed by atoms with van der Waals surface area (Å²) in [5, 5.41) is 75.8. The molecule has 11 nitrogen and oxygen atoms in total. The van der Waals surface area contributed by atoms with E-state index in [0.29, 0.717) is 19.3 Å². The second-order valence-electron chi connectivity index (χ2n) is 18.5. The van der Waals surface area contributed by atoms with Crippen molar-refractivity contribution in [2.75, 3.05) is 13.2 Å². The maximum absolute atomic E-state index is 13.1. The number of unbranched alkanes of at least 4 members (excludes halogenated alkanes) is 27. The van der Waals surface area contributed by atoms with Gasteiger partial charge in [-0.2, -0.15) is 0 Å². The Balaban J connectivity index is 2.37. The maximum atomic E-state index is 13.1. The first-order valence-corrected chi connectivity index (χ1v) is 25.3. The van der Waals surface area contributed by atoms with Crippen molar-refractivity contribution in [1.82, 2.24) is 5.32 Å². The molecule has 1 fully saturated rings. The zero-order valence-corrected chi connectivity index (χ0v) is 38.9. The summed E-state index contributed by atoms with van der Waals surface area (Å²) >= 11 is 0. The van der Waals surface area contributed by atoms with Crippen LogP contribution in [0.15, 0.2) is 0 Å². The van der Waals surface area contributed by atoms with Crippen LogP contribution in [0, 0.1) is 5.92 Å². The fraction of sp³-hybridized carbons (Fsp3) is 0.980. The lowest BCUT2D eigenvalue weighted by atomic mass is 9.98. The van der Waals surface area contributed by atoms with Gasteiger partial charge < -0.3 is 50.5 Å². The van der Waals surface area contributed by atoms with Crippen LogP contribution >= 0.6 is 0 Å². The van der Waals surface area contributed by atoms with Gasteiger partial charge in [0.05, 0.1) is 25.4 Å². The summed E-state index contributed by atoms with van der Waals surface area (Å²) in [5.41, 5.74) is 0. The number of amides is 1. The summed E-state index contributed by atoms with van der Waals surface area (Å²) in [5.74, 6) is 0.122. The Morgan fingerprint density at radius 2 is 0.967 bits per heavy atom. The molecule has 1 heterocycles. The standard InChI is InChI=1S/C49H97NO10/c1-4-6-7-8-9-10-11-12-13-14-15-16-17-18-19-20-23-27-30-33-36-42(53)48(58)50-40(38-59-49-47(57)46(56)45(55)43(37-51)60-49)44(54)41(52)35-32-29-26-24-21-22-25-28-31-34-39(3)5-2/h39-47,49,51-57H,4-38H2,1-3H3,(H,50,58)/t39?,40-,41+,42+,43+,44-,45+,46-,47+,49+/m0/s1. The van der Waals surface area contributed by atoms with Gasteiger partial charge in [0.25, 0.3) is 0 Å².